The largest absolute Gasteiger partial charge is 0.493 e. The number of aromatic nitrogens is 1. The second-order valence-corrected chi connectivity index (χ2v) is 7.29. The Hall–Kier alpha value is -3.59. The van der Waals surface area contributed by atoms with Gasteiger partial charge >= 0.3 is 5.97 Å². The Morgan fingerprint density at radius 1 is 1.27 bits per heavy atom. The van der Waals surface area contributed by atoms with Crippen molar-refractivity contribution in [1.29, 1.82) is 5.26 Å². The van der Waals surface area contributed by atoms with Crippen LogP contribution in [0.25, 0.3) is 6.08 Å². The third kappa shape index (κ3) is 4.36. The van der Waals surface area contributed by atoms with Gasteiger partial charge in [-0.2, -0.15) is 5.26 Å². The van der Waals surface area contributed by atoms with E-state index in [9.17, 15) is 14.9 Å². The molecule has 154 valence electrons. The summed E-state index contributed by atoms with van der Waals surface area (Å²) in [6.07, 6.45) is 4.97. The molecule has 1 saturated carbocycles. The minimum absolute atomic E-state index is 0.0126. The van der Waals surface area contributed by atoms with Gasteiger partial charge in [-0.3, -0.25) is 9.59 Å². The molecule has 0 aliphatic heterocycles. The lowest BCUT2D eigenvalue weighted by Gasteiger charge is -2.10. The van der Waals surface area contributed by atoms with E-state index in [4.69, 9.17) is 9.47 Å². The van der Waals surface area contributed by atoms with E-state index in [0.29, 0.717) is 29.2 Å². The first-order valence-electron chi connectivity index (χ1n) is 9.73. The van der Waals surface area contributed by atoms with E-state index in [-0.39, 0.29) is 23.2 Å². The molecule has 0 unspecified atom stereocenters. The van der Waals surface area contributed by atoms with Gasteiger partial charge in [0.1, 0.15) is 11.6 Å². The molecule has 0 atom stereocenters. The summed E-state index contributed by atoms with van der Waals surface area (Å²) in [7, 11) is 1.47. The Morgan fingerprint density at radius 2 is 2.00 bits per heavy atom. The van der Waals surface area contributed by atoms with Gasteiger partial charge in [0.05, 0.1) is 13.0 Å². The molecule has 6 nitrogen and oxygen atoms in total. The Morgan fingerprint density at radius 3 is 2.60 bits per heavy atom. The first-order chi connectivity index (χ1) is 14.4. The molecular weight excluding hydrogens is 380 g/mol. The Balaban J connectivity index is 1.89. The third-order valence-electron chi connectivity index (χ3n) is 5.11. The van der Waals surface area contributed by atoms with Crippen molar-refractivity contribution in [2.45, 2.75) is 33.2 Å². The molecule has 0 amide bonds. The summed E-state index contributed by atoms with van der Waals surface area (Å²) in [6.45, 7) is 8.10. The fourth-order valence-corrected chi connectivity index (χ4v) is 3.27. The van der Waals surface area contributed by atoms with Gasteiger partial charge in [-0.05, 0) is 56.5 Å². The zero-order chi connectivity index (χ0) is 21.8. The fraction of sp³-hybridized carbons (Fsp3) is 0.292. The molecule has 0 radical (unpaired) electrons. The number of allylic oxidation sites excluding steroid dienone is 2. The van der Waals surface area contributed by atoms with E-state index < -0.39 is 0 Å². The average Bonchev–Trinajstić information content (AvgIpc) is 3.55. The maximum Gasteiger partial charge on any atom is 0.314 e. The highest BCUT2D eigenvalue weighted by Gasteiger charge is 2.32. The highest BCUT2D eigenvalue weighted by molar-refractivity contribution is 6.14. The van der Waals surface area contributed by atoms with Crippen molar-refractivity contribution >= 4 is 17.8 Å². The van der Waals surface area contributed by atoms with Crippen LogP contribution in [0.2, 0.25) is 0 Å². The van der Waals surface area contributed by atoms with Gasteiger partial charge in [0.25, 0.3) is 0 Å². The van der Waals surface area contributed by atoms with Crippen LogP contribution in [0.3, 0.4) is 0 Å². The molecule has 0 saturated heterocycles. The van der Waals surface area contributed by atoms with Gasteiger partial charge in [-0.25, -0.2) is 0 Å². The Bertz CT molecular complexity index is 1080. The van der Waals surface area contributed by atoms with Crippen LogP contribution in [0, 0.1) is 31.1 Å². The molecule has 1 aliphatic carbocycles. The lowest BCUT2D eigenvalue weighted by atomic mass is 10.0. The normalized spacial score (nSPS) is 13.5. The number of carbonyl (C=O) groups is 2. The van der Waals surface area contributed by atoms with Crippen LogP contribution in [0.15, 0.2) is 42.5 Å². The standard InChI is InChI=1S/C24H24N2O4/c1-5-10-26-15(2)11-20(16(26)3)23(27)19(14-25)12-17-6-9-21(22(13-17)29-4)30-24(28)18-7-8-18/h5-6,9,11-13,18H,1,7-8,10H2,2-4H3/b19-12+. The summed E-state index contributed by atoms with van der Waals surface area (Å²) < 4.78 is 12.7. The fourth-order valence-electron chi connectivity index (χ4n) is 3.27. The van der Waals surface area contributed by atoms with Crippen molar-refractivity contribution in [1.82, 2.24) is 4.57 Å². The van der Waals surface area contributed by atoms with Gasteiger partial charge in [0.15, 0.2) is 11.5 Å². The predicted octanol–water partition coefficient (Wildman–Crippen LogP) is 4.40. The quantitative estimate of drug-likeness (QED) is 0.163. The van der Waals surface area contributed by atoms with Crippen LogP contribution in [0.1, 0.15) is 40.2 Å². The summed E-state index contributed by atoms with van der Waals surface area (Å²) >= 11 is 0. The molecule has 0 bridgehead atoms. The smallest absolute Gasteiger partial charge is 0.314 e. The molecule has 1 aromatic carbocycles. The monoisotopic (exact) mass is 404 g/mol. The van der Waals surface area contributed by atoms with Crippen molar-refractivity contribution in [3.8, 4) is 17.6 Å². The molecule has 0 N–H and O–H groups in total. The molecule has 1 aromatic heterocycles. The summed E-state index contributed by atoms with van der Waals surface area (Å²) in [5, 5.41) is 9.59. The number of carbonyl (C=O) groups excluding carboxylic acids is 2. The number of ether oxygens (including phenoxy) is 2. The number of benzene rings is 1. The van der Waals surface area contributed by atoms with Gasteiger partial charge in [-0.15, -0.1) is 6.58 Å². The average molecular weight is 404 g/mol. The molecule has 1 aliphatic rings. The van der Waals surface area contributed by atoms with Crippen LogP contribution in [-0.4, -0.2) is 23.4 Å². The van der Waals surface area contributed by atoms with Crippen molar-refractivity contribution in [2.75, 3.05) is 7.11 Å². The van der Waals surface area contributed by atoms with E-state index in [1.54, 1.807) is 30.3 Å². The van der Waals surface area contributed by atoms with Crippen LogP contribution >= 0.6 is 0 Å². The summed E-state index contributed by atoms with van der Waals surface area (Å²) in [5.41, 5.74) is 2.82. The summed E-state index contributed by atoms with van der Waals surface area (Å²) in [6, 6.07) is 8.72. The van der Waals surface area contributed by atoms with Crippen LogP contribution in [0.4, 0.5) is 0 Å². The van der Waals surface area contributed by atoms with Crippen LogP contribution in [-0.2, 0) is 11.3 Å². The predicted molar refractivity (Wildman–Crippen MR) is 113 cm³/mol. The maximum atomic E-state index is 13.0. The summed E-state index contributed by atoms with van der Waals surface area (Å²) in [5.74, 6) is 0.0525. The van der Waals surface area contributed by atoms with Gasteiger partial charge in [0.2, 0.25) is 5.78 Å². The first kappa shape index (κ1) is 21.1. The third-order valence-corrected chi connectivity index (χ3v) is 5.11. The second-order valence-electron chi connectivity index (χ2n) is 7.29. The number of aryl methyl sites for hydroxylation is 1. The van der Waals surface area contributed by atoms with Crippen molar-refractivity contribution in [2.24, 2.45) is 5.92 Å². The van der Waals surface area contributed by atoms with Gasteiger partial charge in [-0.1, -0.05) is 12.1 Å². The Kier molecular flexibility index (Phi) is 6.22. The number of esters is 1. The minimum atomic E-state index is -0.343. The first-order valence-corrected chi connectivity index (χ1v) is 9.73. The van der Waals surface area contributed by atoms with E-state index >= 15 is 0 Å². The number of methoxy groups -OCH3 is 1. The zero-order valence-electron chi connectivity index (χ0n) is 17.4. The SMILES string of the molecule is C=CCn1c(C)cc(C(=O)/C(C#N)=C/c2ccc(OC(=O)C3CC3)c(OC)c2)c1C. The Labute approximate surface area is 176 Å². The van der Waals surface area contributed by atoms with Crippen LogP contribution < -0.4 is 9.47 Å². The van der Waals surface area contributed by atoms with Crippen molar-refractivity contribution < 1.29 is 19.1 Å². The number of nitrogens with zero attached hydrogens (tertiary/aromatic N) is 2. The molecule has 0 spiro atoms. The number of hydrogen-bond acceptors (Lipinski definition) is 5. The van der Waals surface area contributed by atoms with Crippen molar-refractivity contribution in [3.05, 3.63) is 65.0 Å². The summed E-state index contributed by atoms with van der Waals surface area (Å²) in [4.78, 5) is 24.9. The minimum Gasteiger partial charge on any atom is -0.493 e. The maximum absolute atomic E-state index is 13.0. The number of nitriles is 1. The lowest BCUT2D eigenvalue weighted by Crippen LogP contribution is -2.10. The molecule has 30 heavy (non-hydrogen) atoms. The van der Waals surface area contributed by atoms with E-state index in [0.717, 1.165) is 24.2 Å². The number of hydrogen-bond donors (Lipinski definition) is 0. The van der Waals surface area contributed by atoms with Gasteiger partial charge < -0.3 is 14.0 Å². The van der Waals surface area contributed by atoms with E-state index in [2.05, 4.69) is 6.58 Å². The lowest BCUT2D eigenvalue weighted by molar-refractivity contribution is -0.135. The van der Waals surface area contributed by atoms with E-state index in [1.807, 2.05) is 24.5 Å². The highest BCUT2D eigenvalue weighted by atomic mass is 16.6. The molecule has 6 heteroatoms. The molecule has 2 aromatic rings. The number of rotatable bonds is 8. The zero-order valence-corrected chi connectivity index (χ0v) is 17.4. The second kappa shape index (κ2) is 8.83. The van der Waals surface area contributed by atoms with Gasteiger partial charge in [0, 0.05) is 23.5 Å². The van der Waals surface area contributed by atoms with Crippen molar-refractivity contribution in [3.63, 3.8) is 0 Å². The van der Waals surface area contributed by atoms with Crippen LogP contribution in [0.5, 0.6) is 11.5 Å². The molecule has 3 rings (SSSR count). The molecule has 1 heterocycles. The van der Waals surface area contributed by atoms with E-state index in [1.165, 1.54) is 13.2 Å². The topological polar surface area (TPSA) is 81.3 Å². The molecular formula is C24H24N2O4. The number of Topliss-reactive ketones (excluding diaryl/α,β-unsaturated/α-hetero) is 1. The molecule has 1 fully saturated rings. The highest BCUT2D eigenvalue weighted by Crippen LogP contribution is 2.34. The number of ketones is 1.